The smallest absolute Gasteiger partial charge is 0.162 e. The van der Waals surface area contributed by atoms with Gasteiger partial charge in [-0.1, -0.05) is 85.0 Å². The summed E-state index contributed by atoms with van der Waals surface area (Å²) < 4.78 is 0. The quantitative estimate of drug-likeness (QED) is 0.553. The van der Waals surface area contributed by atoms with Gasteiger partial charge in [-0.3, -0.25) is 4.79 Å². The molecule has 0 heterocycles. The highest BCUT2D eigenvalue weighted by Gasteiger charge is 2.54. The van der Waals surface area contributed by atoms with Gasteiger partial charge in [0.15, 0.2) is 5.78 Å². The Balaban J connectivity index is 1.73. The highest BCUT2D eigenvalue weighted by molar-refractivity contribution is 6.00. The average Bonchev–Trinajstić information content (AvgIpc) is 2.87. The van der Waals surface area contributed by atoms with Crippen molar-refractivity contribution in [1.82, 2.24) is 0 Å². The fraction of sp³-hybridized carbons (Fsp3) is 0.160. The van der Waals surface area contributed by atoms with Crippen LogP contribution in [-0.4, -0.2) is 5.78 Å². The van der Waals surface area contributed by atoms with E-state index in [0.29, 0.717) is 0 Å². The molecule has 0 fully saturated rings. The summed E-state index contributed by atoms with van der Waals surface area (Å²) in [5, 5.41) is 2.65. The second kappa shape index (κ2) is 4.82. The van der Waals surface area contributed by atoms with Crippen LogP contribution in [0.3, 0.4) is 0 Å². The predicted octanol–water partition coefficient (Wildman–Crippen LogP) is 5.28. The first-order chi connectivity index (χ1) is 12.8. The van der Waals surface area contributed by atoms with Gasteiger partial charge in [0.05, 0.1) is 0 Å². The van der Waals surface area contributed by atoms with Gasteiger partial charge in [0, 0.05) is 23.2 Å². The number of carbonyl (C=O) groups is 1. The summed E-state index contributed by atoms with van der Waals surface area (Å²) in [6, 6.07) is 23.8. The second-order valence-corrected chi connectivity index (χ2v) is 7.72. The monoisotopic (exact) mass is 334 g/mol. The van der Waals surface area contributed by atoms with Crippen LogP contribution in [0, 0.1) is 5.92 Å². The van der Waals surface area contributed by atoms with E-state index in [9.17, 15) is 4.79 Å². The third-order valence-electron chi connectivity index (χ3n) is 6.63. The Kier molecular flexibility index (Phi) is 2.65. The zero-order valence-corrected chi connectivity index (χ0v) is 14.3. The molecule has 0 N–H and O–H groups in total. The molecule has 1 nitrogen and oxygen atoms in total. The van der Waals surface area contributed by atoms with Crippen LogP contribution in [-0.2, 0) is 10.2 Å². The van der Waals surface area contributed by atoms with Crippen LogP contribution in [0.1, 0.15) is 28.5 Å². The molecule has 4 aliphatic carbocycles. The summed E-state index contributed by atoms with van der Waals surface area (Å²) >= 11 is 0. The van der Waals surface area contributed by atoms with E-state index in [1.165, 1.54) is 27.5 Å². The Bertz CT molecular complexity index is 1120. The minimum absolute atomic E-state index is 0.0615. The lowest BCUT2D eigenvalue weighted by Crippen LogP contribution is -2.36. The Morgan fingerprint density at radius 2 is 1.54 bits per heavy atom. The molecule has 2 unspecified atom stereocenters. The topological polar surface area (TPSA) is 17.1 Å². The third-order valence-corrected chi connectivity index (χ3v) is 6.63. The number of hydrogen-bond acceptors (Lipinski definition) is 1. The van der Waals surface area contributed by atoms with E-state index in [4.69, 9.17) is 0 Å². The molecule has 124 valence electrons. The lowest BCUT2D eigenvalue weighted by molar-refractivity contribution is -0.117. The SMILES string of the molecule is O=C1C=CC2(c3ccccc3)C=CC1[C@@H]1c3cccc4cccc(c34)[C@@H]12. The van der Waals surface area contributed by atoms with Gasteiger partial charge >= 0.3 is 0 Å². The van der Waals surface area contributed by atoms with E-state index in [-0.39, 0.29) is 29.0 Å². The molecule has 4 aliphatic rings. The number of allylic oxidation sites excluding steroid dienone is 4. The van der Waals surface area contributed by atoms with Crippen molar-refractivity contribution in [2.24, 2.45) is 5.92 Å². The minimum atomic E-state index is -0.262. The number of fused-ring (bicyclic) bond motifs is 1. The molecule has 0 aliphatic heterocycles. The molecule has 0 aromatic heterocycles. The van der Waals surface area contributed by atoms with Crippen molar-refractivity contribution >= 4 is 16.6 Å². The zero-order chi connectivity index (χ0) is 17.3. The summed E-state index contributed by atoms with van der Waals surface area (Å²) in [6.07, 6.45) is 8.46. The van der Waals surface area contributed by atoms with E-state index in [1.54, 1.807) is 0 Å². The van der Waals surface area contributed by atoms with Crippen LogP contribution in [0.2, 0.25) is 0 Å². The zero-order valence-electron chi connectivity index (χ0n) is 14.3. The predicted molar refractivity (Wildman–Crippen MR) is 104 cm³/mol. The molecule has 0 saturated carbocycles. The second-order valence-electron chi connectivity index (χ2n) is 7.72. The molecular weight excluding hydrogens is 316 g/mol. The molecule has 7 rings (SSSR count). The third kappa shape index (κ3) is 1.59. The summed E-state index contributed by atoms with van der Waals surface area (Å²) in [6.45, 7) is 0. The van der Waals surface area contributed by atoms with E-state index < -0.39 is 0 Å². The number of benzene rings is 3. The Morgan fingerprint density at radius 3 is 2.35 bits per heavy atom. The summed E-state index contributed by atoms with van der Waals surface area (Å²) in [5.41, 5.74) is 3.73. The first-order valence-corrected chi connectivity index (χ1v) is 9.29. The van der Waals surface area contributed by atoms with Crippen molar-refractivity contribution in [3.05, 3.63) is 108 Å². The fourth-order valence-corrected chi connectivity index (χ4v) is 5.61. The molecule has 0 saturated heterocycles. The van der Waals surface area contributed by atoms with Crippen molar-refractivity contribution in [3.63, 3.8) is 0 Å². The average molecular weight is 334 g/mol. The van der Waals surface area contributed by atoms with Crippen molar-refractivity contribution in [1.29, 1.82) is 0 Å². The molecule has 1 heteroatoms. The number of carbonyl (C=O) groups excluding carboxylic acids is 1. The molecule has 0 amide bonds. The Morgan fingerprint density at radius 1 is 0.769 bits per heavy atom. The van der Waals surface area contributed by atoms with E-state index in [1.807, 2.05) is 6.08 Å². The van der Waals surface area contributed by atoms with Crippen LogP contribution in [0.4, 0.5) is 0 Å². The number of ketones is 1. The normalized spacial score (nSPS) is 30.6. The lowest BCUT2D eigenvalue weighted by atomic mass is 9.59. The van der Waals surface area contributed by atoms with Crippen LogP contribution in [0.15, 0.2) is 91.0 Å². The fourth-order valence-electron chi connectivity index (χ4n) is 5.61. The largest absolute Gasteiger partial charge is 0.294 e. The van der Waals surface area contributed by atoms with Gasteiger partial charge in [0.25, 0.3) is 0 Å². The highest BCUT2D eigenvalue weighted by atomic mass is 16.1. The summed E-state index contributed by atoms with van der Waals surface area (Å²) in [7, 11) is 0. The lowest BCUT2D eigenvalue weighted by Gasteiger charge is -2.42. The standard InChI is InChI=1S/C25H18O/c26-21-13-15-25(17-8-2-1-3-9-17)14-12-18(21)23-19-10-4-6-16-7-5-11-20(22(16)19)24(23)25/h1-15,18,23-24H/t18?,23-,24+,25?/m1/s1. The Labute approximate surface area is 152 Å². The van der Waals surface area contributed by atoms with Gasteiger partial charge in [0.1, 0.15) is 0 Å². The van der Waals surface area contributed by atoms with Gasteiger partial charge in [-0.25, -0.2) is 0 Å². The molecule has 2 bridgehead atoms. The van der Waals surface area contributed by atoms with Crippen LogP contribution < -0.4 is 0 Å². The van der Waals surface area contributed by atoms with Crippen LogP contribution in [0.25, 0.3) is 10.8 Å². The molecule has 0 spiro atoms. The molecule has 4 atom stereocenters. The molecular formula is C25H18O. The van der Waals surface area contributed by atoms with Crippen molar-refractivity contribution < 1.29 is 4.79 Å². The first-order valence-electron chi connectivity index (χ1n) is 9.29. The van der Waals surface area contributed by atoms with Gasteiger partial charge in [-0.2, -0.15) is 0 Å². The van der Waals surface area contributed by atoms with Crippen molar-refractivity contribution in [3.8, 4) is 0 Å². The van der Waals surface area contributed by atoms with E-state index in [2.05, 4.69) is 85.0 Å². The van der Waals surface area contributed by atoms with Crippen LogP contribution in [0.5, 0.6) is 0 Å². The number of hydrogen-bond donors (Lipinski definition) is 0. The maximum atomic E-state index is 12.9. The highest BCUT2D eigenvalue weighted by Crippen LogP contribution is 2.62. The molecule has 0 radical (unpaired) electrons. The van der Waals surface area contributed by atoms with Gasteiger partial charge in [-0.05, 0) is 33.5 Å². The van der Waals surface area contributed by atoms with Crippen molar-refractivity contribution in [2.75, 3.05) is 0 Å². The Hall–Kier alpha value is -2.93. The summed E-state index contributed by atoms with van der Waals surface area (Å²) in [4.78, 5) is 12.9. The first kappa shape index (κ1) is 14.3. The van der Waals surface area contributed by atoms with Gasteiger partial charge < -0.3 is 0 Å². The maximum Gasteiger partial charge on any atom is 0.162 e. The van der Waals surface area contributed by atoms with Gasteiger partial charge in [-0.15, -0.1) is 0 Å². The number of rotatable bonds is 1. The minimum Gasteiger partial charge on any atom is -0.294 e. The maximum absolute atomic E-state index is 12.9. The molecule has 3 aromatic carbocycles. The molecule has 3 aromatic rings. The van der Waals surface area contributed by atoms with Gasteiger partial charge in [0.2, 0.25) is 0 Å². The van der Waals surface area contributed by atoms with Crippen molar-refractivity contribution in [2.45, 2.75) is 17.3 Å². The molecule has 26 heavy (non-hydrogen) atoms. The van der Waals surface area contributed by atoms with E-state index in [0.717, 1.165) is 0 Å². The van der Waals surface area contributed by atoms with Crippen LogP contribution >= 0.6 is 0 Å². The van der Waals surface area contributed by atoms with E-state index >= 15 is 0 Å². The summed E-state index contributed by atoms with van der Waals surface area (Å²) in [5.74, 6) is 0.650.